The molecule has 3 aromatic carbocycles. The van der Waals surface area contributed by atoms with Crippen LogP contribution in [0.5, 0.6) is 0 Å². The van der Waals surface area contributed by atoms with Gasteiger partial charge in [0.05, 0.1) is 5.75 Å². The number of rotatable bonds is 11. The van der Waals surface area contributed by atoms with Gasteiger partial charge in [-0.1, -0.05) is 77.8 Å². The summed E-state index contributed by atoms with van der Waals surface area (Å²) in [6.45, 7) is 2.70. The van der Waals surface area contributed by atoms with Gasteiger partial charge in [0.15, 0.2) is 0 Å². The molecule has 0 aliphatic carbocycles. The molecule has 178 valence electrons. The van der Waals surface area contributed by atoms with Crippen molar-refractivity contribution in [1.82, 2.24) is 10.2 Å². The predicted molar refractivity (Wildman–Crippen MR) is 142 cm³/mol. The smallest absolute Gasteiger partial charge is 0.243 e. The van der Waals surface area contributed by atoms with Gasteiger partial charge < -0.3 is 10.2 Å². The van der Waals surface area contributed by atoms with Gasteiger partial charge in [0, 0.05) is 35.3 Å². The summed E-state index contributed by atoms with van der Waals surface area (Å²) < 4.78 is 0. The van der Waals surface area contributed by atoms with Crippen LogP contribution in [0.3, 0.4) is 0 Å². The molecule has 3 rings (SSSR count). The summed E-state index contributed by atoms with van der Waals surface area (Å²) in [6, 6.07) is 24.1. The van der Waals surface area contributed by atoms with E-state index < -0.39 is 6.04 Å². The zero-order valence-corrected chi connectivity index (χ0v) is 21.4. The third kappa shape index (κ3) is 8.08. The van der Waals surface area contributed by atoms with Crippen LogP contribution in [0.2, 0.25) is 10.0 Å². The van der Waals surface area contributed by atoms with Crippen LogP contribution < -0.4 is 5.32 Å². The molecule has 34 heavy (non-hydrogen) atoms. The highest BCUT2D eigenvalue weighted by molar-refractivity contribution is 7.99. The molecule has 3 aromatic rings. The SMILES string of the molecule is CCNC(=O)C(Cc1ccccc1)N(Cc1ccc(Cl)cc1)C(=O)CSCc1cccc(Cl)c1. The van der Waals surface area contributed by atoms with Crippen LogP contribution in [0, 0.1) is 0 Å². The monoisotopic (exact) mass is 514 g/mol. The molecule has 7 heteroatoms. The van der Waals surface area contributed by atoms with E-state index >= 15 is 0 Å². The summed E-state index contributed by atoms with van der Waals surface area (Å²) >= 11 is 13.6. The van der Waals surface area contributed by atoms with Gasteiger partial charge in [-0.25, -0.2) is 0 Å². The topological polar surface area (TPSA) is 49.4 Å². The number of nitrogens with one attached hydrogen (secondary N) is 1. The average Bonchev–Trinajstić information content (AvgIpc) is 2.83. The van der Waals surface area contributed by atoms with Crippen molar-refractivity contribution in [2.45, 2.75) is 31.7 Å². The number of halogens is 2. The minimum atomic E-state index is -0.628. The number of nitrogens with zero attached hydrogens (tertiary/aromatic N) is 1. The summed E-state index contributed by atoms with van der Waals surface area (Å²) in [6.07, 6.45) is 0.435. The molecule has 0 heterocycles. The molecule has 0 fully saturated rings. The molecule has 0 aliphatic rings. The number of hydrogen-bond donors (Lipinski definition) is 1. The normalized spacial score (nSPS) is 11.6. The third-order valence-corrected chi connectivity index (χ3v) is 6.75. The van der Waals surface area contributed by atoms with Gasteiger partial charge in [0.25, 0.3) is 0 Å². The molecule has 0 bridgehead atoms. The Morgan fingerprint density at radius 1 is 0.882 bits per heavy atom. The van der Waals surface area contributed by atoms with Gasteiger partial charge in [0.2, 0.25) is 11.8 Å². The molecule has 2 amide bonds. The van der Waals surface area contributed by atoms with E-state index in [4.69, 9.17) is 23.2 Å². The van der Waals surface area contributed by atoms with Crippen LogP contribution in [0.1, 0.15) is 23.6 Å². The van der Waals surface area contributed by atoms with Crippen LogP contribution in [-0.2, 0) is 28.3 Å². The van der Waals surface area contributed by atoms with Crippen molar-refractivity contribution >= 4 is 46.8 Å². The lowest BCUT2D eigenvalue weighted by atomic mass is 10.0. The number of amides is 2. The van der Waals surface area contributed by atoms with E-state index in [-0.39, 0.29) is 17.6 Å². The molecular weight excluding hydrogens is 487 g/mol. The molecule has 0 saturated heterocycles. The van der Waals surface area contributed by atoms with Crippen molar-refractivity contribution in [1.29, 1.82) is 0 Å². The van der Waals surface area contributed by atoms with Crippen LogP contribution in [0.15, 0.2) is 78.9 Å². The lowest BCUT2D eigenvalue weighted by Gasteiger charge is -2.31. The fourth-order valence-electron chi connectivity index (χ4n) is 3.60. The Bertz CT molecular complexity index is 1080. The first kappa shape index (κ1) is 26.1. The fourth-order valence-corrected chi connectivity index (χ4v) is 4.80. The average molecular weight is 516 g/mol. The zero-order chi connectivity index (χ0) is 24.3. The molecule has 0 spiro atoms. The molecule has 1 unspecified atom stereocenters. The van der Waals surface area contributed by atoms with Crippen molar-refractivity contribution in [3.63, 3.8) is 0 Å². The Morgan fingerprint density at radius 3 is 2.26 bits per heavy atom. The second kappa shape index (κ2) is 13.4. The lowest BCUT2D eigenvalue weighted by molar-refractivity contribution is -0.139. The van der Waals surface area contributed by atoms with Gasteiger partial charge in [-0.2, -0.15) is 0 Å². The third-order valence-electron chi connectivity index (χ3n) is 5.27. The quantitative estimate of drug-likeness (QED) is 0.341. The van der Waals surface area contributed by atoms with Gasteiger partial charge in [-0.05, 0) is 47.9 Å². The van der Waals surface area contributed by atoms with Crippen molar-refractivity contribution in [2.75, 3.05) is 12.3 Å². The second-order valence-corrected chi connectivity index (χ2v) is 9.73. The van der Waals surface area contributed by atoms with E-state index in [1.165, 1.54) is 11.8 Å². The second-order valence-electron chi connectivity index (χ2n) is 7.87. The van der Waals surface area contributed by atoms with Crippen LogP contribution >= 0.6 is 35.0 Å². The first-order valence-corrected chi connectivity index (χ1v) is 13.0. The number of carbonyl (C=O) groups is 2. The summed E-state index contributed by atoms with van der Waals surface area (Å²) in [4.78, 5) is 28.3. The largest absolute Gasteiger partial charge is 0.355 e. The van der Waals surface area contributed by atoms with Crippen LogP contribution in [-0.4, -0.2) is 35.1 Å². The highest BCUT2D eigenvalue weighted by atomic mass is 35.5. The van der Waals surface area contributed by atoms with Crippen molar-refractivity contribution in [3.8, 4) is 0 Å². The minimum absolute atomic E-state index is 0.0887. The van der Waals surface area contributed by atoms with Crippen LogP contribution in [0.25, 0.3) is 0 Å². The molecule has 1 atom stereocenters. The highest BCUT2D eigenvalue weighted by Crippen LogP contribution is 2.20. The maximum atomic E-state index is 13.5. The summed E-state index contributed by atoms with van der Waals surface area (Å²) in [5, 5.41) is 4.21. The van der Waals surface area contributed by atoms with E-state index in [1.807, 2.05) is 73.7 Å². The Hall–Kier alpha value is -2.47. The molecule has 4 nitrogen and oxygen atoms in total. The summed E-state index contributed by atoms with van der Waals surface area (Å²) in [5.41, 5.74) is 2.97. The fraction of sp³-hybridized carbons (Fsp3) is 0.259. The molecular formula is C27H28Cl2N2O2S. The maximum Gasteiger partial charge on any atom is 0.243 e. The number of benzene rings is 3. The highest BCUT2D eigenvalue weighted by Gasteiger charge is 2.30. The minimum Gasteiger partial charge on any atom is -0.355 e. The van der Waals surface area contributed by atoms with E-state index in [9.17, 15) is 9.59 Å². The van der Waals surface area contributed by atoms with Gasteiger partial charge >= 0.3 is 0 Å². The number of hydrogen-bond acceptors (Lipinski definition) is 3. The maximum absolute atomic E-state index is 13.5. The van der Waals surface area contributed by atoms with Gasteiger partial charge in [-0.3, -0.25) is 9.59 Å². The van der Waals surface area contributed by atoms with Crippen molar-refractivity contribution in [2.24, 2.45) is 0 Å². The van der Waals surface area contributed by atoms with E-state index in [2.05, 4.69) is 5.32 Å². The van der Waals surface area contributed by atoms with E-state index in [0.29, 0.717) is 35.3 Å². The molecule has 0 radical (unpaired) electrons. The Morgan fingerprint density at radius 2 is 1.59 bits per heavy atom. The van der Waals surface area contributed by atoms with Crippen LogP contribution in [0.4, 0.5) is 0 Å². The van der Waals surface area contributed by atoms with Gasteiger partial charge in [0.1, 0.15) is 6.04 Å². The molecule has 1 N–H and O–H groups in total. The molecule has 0 aliphatic heterocycles. The number of carbonyl (C=O) groups excluding carboxylic acids is 2. The Kier molecular flexibility index (Phi) is 10.3. The van der Waals surface area contributed by atoms with Crippen molar-refractivity contribution in [3.05, 3.63) is 106 Å². The van der Waals surface area contributed by atoms with E-state index in [0.717, 1.165) is 16.7 Å². The Balaban J connectivity index is 1.81. The number of thioether (sulfide) groups is 1. The van der Waals surface area contributed by atoms with Crippen molar-refractivity contribution < 1.29 is 9.59 Å². The zero-order valence-electron chi connectivity index (χ0n) is 19.0. The summed E-state index contributed by atoms with van der Waals surface area (Å²) in [5.74, 6) is 0.666. The number of likely N-dealkylation sites (N-methyl/N-ethyl adjacent to an activating group) is 1. The molecule has 0 aromatic heterocycles. The molecule has 0 saturated carbocycles. The first-order valence-electron chi connectivity index (χ1n) is 11.1. The van der Waals surface area contributed by atoms with E-state index in [1.54, 1.807) is 17.0 Å². The van der Waals surface area contributed by atoms with Gasteiger partial charge in [-0.15, -0.1) is 11.8 Å². The summed E-state index contributed by atoms with van der Waals surface area (Å²) in [7, 11) is 0. The predicted octanol–water partition coefficient (Wildman–Crippen LogP) is 6.00. The first-order chi connectivity index (χ1) is 16.5. The lowest BCUT2D eigenvalue weighted by Crippen LogP contribution is -2.51. The standard InChI is InChI=1S/C27H28Cl2N2O2S/c1-2-30-27(33)25(16-20-7-4-3-5-8-20)31(17-21-11-13-23(28)14-12-21)26(32)19-34-18-22-9-6-10-24(29)15-22/h3-15,25H,2,16-19H2,1H3,(H,30,33). The Labute approximate surface area is 215 Å².